The fourth-order valence-corrected chi connectivity index (χ4v) is 3.06. The first-order valence-corrected chi connectivity index (χ1v) is 7.29. The van der Waals surface area contributed by atoms with Gasteiger partial charge < -0.3 is 14.6 Å². The van der Waals surface area contributed by atoms with Crippen LogP contribution in [0.4, 0.5) is 0 Å². The molecule has 0 fully saturated rings. The topological polar surface area (TPSA) is 43.3 Å². The van der Waals surface area contributed by atoms with Crippen LogP contribution in [0.25, 0.3) is 11.3 Å². The number of aromatic nitrogens is 1. The van der Waals surface area contributed by atoms with Gasteiger partial charge in [0.05, 0.1) is 12.8 Å². The molecule has 1 aromatic carbocycles. The van der Waals surface area contributed by atoms with E-state index >= 15 is 0 Å². The van der Waals surface area contributed by atoms with Crippen LogP contribution < -0.4 is 10.1 Å². The molecule has 21 heavy (non-hydrogen) atoms. The Labute approximate surface area is 124 Å². The smallest absolute Gasteiger partial charge is 0.216 e. The minimum absolute atomic E-state index is 0.00834. The predicted octanol–water partition coefficient (Wildman–Crippen LogP) is 2.40. The van der Waals surface area contributed by atoms with E-state index in [1.54, 1.807) is 14.0 Å². The molecule has 0 aliphatic heterocycles. The lowest BCUT2D eigenvalue weighted by Crippen LogP contribution is -2.24. The summed E-state index contributed by atoms with van der Waals surface area (Å²) in [4.78, 5) is 11.0. The molecule has 0 unspecified atom stereocenters. The molecule has 0 saturated carbocycles. The normalized spacial score (nSPS) is 12.5. The largest absolute Gasteiger partial charge is 0.496 e. The number of hydrogen-bond donors (Lipinski definition) is 1. The minimum Gasteiger partial charge on any atom is -0.496 e. The zero-order chi connectivity index (χ0) is 14.8. The van der Waals surface area contributed by atoms with Crippen molar-refractivity contribution in [3.8, 4) is 17.0 Å². The maximum absolute atomic E-state index is 11.0. The van der Waals surface area contributed by atoms with Crippen LogP contribution in [0, 0.1) is 0 Å². The van der Waals surface area contributed by atoms with Crippen molar-refractivity contribution in [2.24, 2.45) is 0 Å². The first kappa shape index (κ1) is 13.7. The van der Waals surface area contributed by atoms with Crippen molar-refractivity contribution in [3.05, 3.63) is 41.6 Å². The van der Waals surface area contributed by atoms with E-state index in [9.17, 15) is 4.79 Å². The van der Waals surface area contributed by atoms with Crippen LogP contribution in [0.1, 0.15) is 18.1 Å². The summed E-state index contributed by atoms with van der Waals surface area (Å²) in [5.74, 6) is 0.932. The van der Waals surface area contributed by atoms with Crippen LogP contribution in [0.3, 0.4) is 0 Å². The van der Waals surface area contributed by atoms with E-state index in [1.807, 2.05) is 12.1 Å². The summed E-state index contributed by atoms with van der Waals surface area (Å²) in [6.07, 6.45) is 4.21. The Morgan fingerprint density at radius 1 is 1.29 bits per heavy atom. The molecule has 0 bridgehead atoms. The molecule has 1 aliphatic carbocycles. The number of methoxy groups -OCH3 is 1. The molecule has 0 spiro atoms. The van der Waals surface area contributed by atoms with Gasteiger partial charge in [-0.1, -0.05) is 12.1 Å². The average Bonchev–Trinajstić information content (AvgIpc) is 2.89. The van der Waals surface area contributed by atoms with Crippen LogP contribution in [0.5, 0.6) is 5.75 Å². The number of carbonyl (C=O) groups excluding carboxylic acids is 1. The molecule has 4 nitrogen and oxygen atoms in total. The summed E-state index contributed by atoms with van der Waals surface area (Å²) >= 11 is 0. The molecule has 1 amide bonds. The van der Waals surface area contributed by atoms with Gasteiger partial charge in [-0.2, -0.15) is 0 Å². The SMILES string of the molecule is COc1cccc2c1-c1c(ccn1CCNC(C)=O)CC2. The standard InChI is InChI=1S/C17H20N2O2/c1-12(20)18-9-11-19-10-8-14-7-6-13-4-3-5-15(21-2)16(13)17(14)19/h3-5,8,10H,6-7,9,11H2,1-2H3,(H,18,20). The van der Waals surface area contributed by atoms with Gasteiger partial charge >= 0.3 is 0 Å². The van der Waals surface area contributed by atoms with Crippen molar-refractivity contribution in [2.75, 3.05) is 13.7 Å². The van der Waals surface area contributed by atoms with Gasteiger partial charge in [0, 0.05) is 31.8 Å². The molecule has 1 aromatic heterocycles. The third-order valence-corrected chi connectivity index (χ3v) is 4.01. The number of fused-ring (bicyclic) bond motifs is 3. The van der Waals surface area contributed by atoms with Gasteiger partial charge in [0.15, 0.2) is 0 Å². The zero-order valence-corrected chi connectivity index (χ0v) is 12.5. The molecule has 1 N–H and O–H groups in total. The van der Waals surface area contributed by atoms with Gasteiger partial charge in [0.2, 0.25) is 5.91 Å². The van der Waals surface area contributed by atoms with Crippen molar-refractivity contribution in [1.82, 2.24) is 9.88 Å². The number of ether oxygens (including phenoxy) is 1. The quantitative estimate of drug-likeness (QED) is 0.937. The molecule has 0 saturated heterocycles. The highest BCUT2D eigenvalue weighted by atomic mass is 16.5. The van der Waals surface area contributed by atoms with Gasteiger partial charge in [-0.25, -0.2) is 0 Å². The Morgan fingerprint density at radius 3 is 2.86 bits per heavy atom. The summed E-state index contributed by atoms with van der Waals surface area (Å²) in [6.45, 7) is 2.96. The van der Waals surface area contributed by atoms with Gasteiger partial charge in [-0.3, -0.25) is 4.79 Å². The third kappa shape index (κ3) is 2.53. The Kier molecular flexibility index (Phi) is 3.69. The van der Waals surface area contributed by atoms with E-state index in [0.29, 0.717) is 6.54 Å². The van der Waals surface area contributed by atoms with Crippen LogP contribution in [0.2, 0.25) is 0 Å². The van der Waals surface area contributed by atoms with Crippen molar-refractivity contribution in [2.45, 2.75) is 26.3 Å². The second-order valence-electron chi connectivity index (χ2n) is 5.36. The van der Waals surface area contributed by atoms with E-state index in [0.717, 1.165) is 25.1 Å². The summed E-state index contributed by atoms with van der Waals surface area (Å²) in [5, 5.41) is 2.85. The molecule has 1 aliphatic rings. The van der Waals surface area contributed by atoms with Gasteiger partial charge in [-0.15, -0.1) is 0 Å². The van der Waals surface area contributed by atoms with E-state index < -0.39 is 0 Å². The first-order chi connectivity index (χ1) is 10.2. The van der Waals surface area contributed by atoms with E-state index in [2.05, 4.69) is 28.2 Å². The molecule has 110 valence electrons. The molecule has 2 aromatic rings. The van der Waals surface area contributed by atoms with Crippen LogP contribution in [-0.2, 0) is 24.2 Å². The van der Waals surface area contributed by atoms with Crippen molar-refractivity contribution in [1.29, 1.82) is 0 Å². The van der Waals surface area contributed by atoms with Crippen LogP contribution >= 0.6 is 0 Å². The van der Waals surface area contributed by atoms with E-state index in [1.165, 1.54) is 22.4 Å². The lowest BCUT2D eigenvalue weighted by atomic mass is 9.89. The lowest BCUT2D eigenvalue weighted by Gasteiger charge is -2.22. The van der Waals surface area contributed by atoms with Gasteiger partial charge in [0.25, 0.3) is 0 Å². The number of aryl methyl sites for hydroxylation is 2. The van der Waals surface area contributed by atoms with Crippen molar-refractivity contribution >= 4 is 5.91 Å². The Bertz CT molecular complexity index is 659. The van der Waals surface area contributed by atoms with Gasteiger partial charge in [-0.05, 0) is 36.1 Å². The summed E-state index contributed by atoms with van der Waals surface area (Å²) in [7, 11) is 1.72. The summed E-state index contributed by atoms with van der Waals surface area (Å²) < 4.78 is 7.77. The Morgan fingerprint density at radius 2 is 2.10 bits per heavy atom. The highest BCUT2D eigenvalue weighted by molar-refractivity contribution is 5.76. The number of rotatable bonds is 4. The van der Waals surface area contributed by atoms with Crippen LogP contribution in [-0.4, -0.2) is 24.1 Å². The number of carbonyl (C=O) groups is 1. The highest BCUT2D eigenvalue weighted by Gasteiger charge is 2.22. The lowest BCUT2D eigenvalue weighted by molar-refractivity contribution is -0.118. The first-order valence-electron chi connectivity index (χ1n) is 7.29. The Hall–Kier alpha value is -2.23. The summed E-state index contributed by atoms with van der Waals surface area (Å²) in [5.41, 5.74) is 5.13. The second kappa shape index (κ2) is 5.64. The molecule has 4 heteroatoms. The number of amides is 1. The number of hydrogen-bond acceptors (Lipinski definition) is 2. The summed E-state index contributed by atoms with van der Waals surface area (Å²) in [6, 6.07) is 8.41. The zero-order valence-electron chi connectivity index (χ0n) is 12.5. The predicted molar refractivity (Wildman–Crippen MR) is 82.5 cm³/mol. The monoisotopic (exact) mass is 284 g/mol. The minimum atomic E-state index is 0.00834. The molecule has 3 rings (SSSR count). The third-order valence-electron chi connectivity index (χ3n) is 4.01. The van der Waals surface area contributed by atoms with Crippen molar-refractivity contribution in [3.63, 3.8) is 0 Å². The van der Waals surface area contributed by atoms with E-state index in [-0.39, 0.29) is 5.91 Å². The fraction of sp³-hybridized carbons (Fsp3) is 0.353. The molecular formula is C17H20N2O2. The van der Waals surface area contributed by atoms with Crippen LogP contribution in [0.15, 0.2) is 30.5 Å². The molecule has 0 radical (unpaired) electrons. The highest BCUT2D eigenvalue weighted by Crippen LogP contribution is 2.40. The molecule has 1 heterocycles. The number of nitrogens with one attached hydrogen (secondary N) is 1. The Balaban J connectivity index is 1.98. The number of benzene rings is 1. The maximum atomic E-state index is 11.0. The average molecular weight is 284 g/mol. The van der Waals surface area contributed by atoms with Crippen molar-refractivity contribution < 1.29 is 9.53 Å². The molecule has 0 atom stereocenters. The second-order valence-corrected chi connectivity index (χ2v) is 5.36. The van der Waals surface area contributed by atoms with Gasteiger partial charge in [0.1, 0.15) is 5.75 Å². The fourth-order valence-electron chi connectivity index (χ4n) is 3.06. The number of nitrogens with zero attached hydrogens (tertiary/aromatic N) is 1. The van der Waals surface area contributed by atoms with E-state index in [4.69, 9.17) is 4.74 Å². The maximum Gasteiger partial charge on any atom is 0.216 e. The molecular weight excluding hydrogens is 264 g/mol.